The molecule has 0 aromatic carbocycles. The first-order valence-electron chi connectivity index (χ1n) is 5.43. The van der Waals surface area contributed by atoms with Gasteiger partial charge in [0.25, 0.3) is 0 Å². The van der Waals surface area contributed by atoms with Crippen LogP contribution in [0.25, 0.3) is 0 Å². The maximum Gasteiger partial charge on any atom is 0.212 e. The zero-order valence-electron chi connectivity index (χ0n) is 10.1. The van der Waals surface area contributed by atoms with Gasteiger partial charge in [0.1, 0.15) is 5.78 Å². The van der Waals surface area contributed by atoms with Crippen molar-refractivity contribution in [1.29, 1.82) is 0 Å². The maximum absolute atomic E-state index is 11.5. The lowest BCUT2D eigenvalue weighted by Crippen LogP contribution is -2.22. The Kier molecular flexibility index (Phi) is 5.93. The number of Topliss-reactive ketones (excluding diaryl/α,β-unsaturated/α-hetero) is 2. The number of carbonyl (C=O) groups excluding carboxylic acids is 2. The van der Waals surface area contributed by atoms with Gasteiger partial charge >= 0.3 is 0 Å². The van der Waals surface area contributed by atoms with E-state index in [1.54, 1.807) is 0 Å². The van der Waals surface area contributed by atoms with Crippen LogP contribution in [0.5, 0.6) is 0 Å². The molecule has 0 radical (unpaired) electrons. The summed E-state index contributed by atoms with van der Waals surface area (Å²) in [5.41, 5.74) is -0.444. The largest absolute Gasteiger partial charge is 0.299 e. The molecule has 0 saturated carbocycles. The molecule has 0 aliphatic carbocycles. The van der Waals surface area contributed by atoms with Gasteiger partial charge in [0.2, 0.25) is 5.78 Å². The summed E-state index contributed by atoms with van der Waals surface area (Å²) >= 11 is 0. The molecule has 15 heavy (non-hydrogen) atoms. The first kappa shape index (κ1) is 13.9. The predicted octanol–water partition coefficient (Wildman–Crippen LogP) is 2.75. The fourth-order valence-electron chi connectivity index (χ4n) is 0.881. The van der Waals surface area contributed by atoms with Crippen LogP contribution in [-0.4, -0.2) is 11.6 Å². The third kappa shape index (κ3) is 6.90. The van der Waals surface area contributed by atoms with Crippen LogP contribution in [0, 0.1) is 17.3 Å². The van der Waals surface area contributed by atoms with E-state index in [-0.39, 0.29) is 18.0 Å². The molecule has 0 atom stereocenters. The van der Waals surface area contributed by atoms with Gasteiger partial charge in [0, 0.05) is 11.8 Å². The van der Waals surface area contributed by atoms with E-state index in [9.17, 15) is 9.59 Å². The average molecular weight is 208 g/mol. The van der Waals surface area contributed by atoms with Crippen molar-refractivity contribution in [2.45, 2.75) is 53.4 Å². The molecule has 2 nitrogen and oxygen atoms in total. The summed E-state index contributed by atoms with van der Waals surface area (Å²) in [6.45, 7) is 7.51. The zero-order chi connectivity index (χ0) is 11.9. The van der Waals surface area contributed by atoms with Crippen LogP contribution >= 0.6 is 0 Å². The summed E-state index contributed by atoms with van der Waals surface area (Å²) in [4.78, 5) is 22.7. The third-order valence-electron chi connectivity index (χ3n) is 2.04. The zero-order valence-corrected chi connectivity index (χ0v) is 10.1. The van der Waals surface area contributed by atoms with Gasteiger partial charge in [-0.1, -0.05) is 40.0 Å². The van der Waals surface area contributed by atoms with Gasteiger partial charge in [-0.15, -0.1) is 0 Å². The summed E-state index contributed by atoms with van der Waals surface area (Å²) in [7, 11) is 0. The van der Waals surface area contributed by atoms with E-state index >= 15 is 0 Å². The van der Waals surface area contributed by atoms with Crippen molar-refractivity contribution < 1.29 is 9.59 Å². The number of rotatable bonds is 4. The Morgan fingerprint density at radius 2 is 1.80 bits per heavy atom. The Labute approximate surface area is 92.4 Å². The lowest BCUT2D eigenvalue weighted by atomic mass is 9.88. The first-order chi connectivity index (χ1) is 6.88. The SMILES string of the molecule is CCCCC#CC(=O)CC(=O)C(C)(C)C. The minimum absolute atomic E-state index is 0.0442. The molecule has 0 heterocycles. The Hall–Kier alpha value is -1.10. The molecule has 0 aliphatic rings. The second-order valence-electron chi connectivity index (χ2n) is 4.68. The standard InChI is InChI=1S/C13H20O2/c1-5-6-7-8-9-11(14)10-12(15)13(2,3)4/h5-7,10H2,1-4H3. The highest BCUT2D eigenvalue weighted by Crippen LogP contribution is 2.16. The van der Waals surface area contributed by atoms with E-state index in [0.717, 1.165) is 19.3 Å². The molecule has 0 fully saturated rings. The molecule has 0 aromatic rings. The summed E-state index contributed by atoms with van der Waals surface area (Å²) < 4.78 is 0. The van der Waals surface area contributed by atoms with Crippen molar-refractivity contribution in [2.75, 3.05) is 0 Å². The minimum atomic E-state index is -0.444. The summed E-state index contributed by atoms with van der Waals surface area (Å²) in [5.74, 6) is 5.00. The van der Waals surface area contributed by atoms with Gasteiger partial charge in [-0.05, 0) is 12.3 Å². The third-order valence-corrected chi connectivity index (χ3v) is 2.04. The maximum atomic E-state index is 11.5. The number of carbonyl (C=O) groups is 2. The summed E-state index contributed by atoms with van der Waals surface area (Å²) in [6, 6.07) is 0. The van der Waals surface area contributed by atoms with Crippen LogP contribution in [0.1, 0.15) is 53.4 Å². The predicted molar refractivity (Wildman–Crippen MR) is 61.4 cm³/mol. The second kappa shape index (κ2) is 6.40. The quantitative estimate of drug-likeness (QED) is 0.308. The second-order valence-corrected chi connectivity index (χ2v) is 4.68. The fraction of sp³-hybridized carbons (Fsp3) is 0.692. The Balaban J connectivity index is 4.03. The van der Waals surface area contributed by atoms with E-state index in [1.165, 1.54) is 0 Å². The number of hydrogen-bond donors (Lipinski definition) is 0. The number of ketones is 2. The van der Waals surface area contributed by atoms with Gasteiger partial charge < -0.3 is 0 Å². The Morgan fingerprint density at radius 1 is 1.20 bits per heavy atom. The highest BCUT2D eigenvalue weighted by molar-refractivity contribution is 6.09. The molecule has 2 heteroatoms. The van der Waals surface area contributed by atoms with Crippen molar-refractivity contribution >= 4 is 11.6 Å². The van der Waals surface area contributed by atoms with Crippen LogP contribution in [0.2, 0.25) is 0 Å². The summed E-state index contributed by atoms with van der Waals surface area (Å²) in [6.07, 6.45) is 2.77. The normalized spacial score (nSPS) is 10.4. The fourth-order valence-corrected chi connectivity index (χ4v) is 0.881. The molecule has 0 spiro atoms. The van der Waals surface area contributed by atoms with Crippen molar-refractivity contribution in [3.63, 3.8) is 0 Å². The lowest BCUT2D eigenvalue weighted by molar-refractivity contribution is -0.129. The van der Waals surface area contributed by atoms with Crippen molar-refractivity contribution in [3.05, 3.63) is 0 Å². The van der Waals surface area contributed by atoms with Gasteiger partial charge in [-0.3, -0.25) is 9.59 Å². The van der Waals surface area contributed by atoms with E-state index in [0.29, 0.717) is 0 Å². The van der Waals surface area contributed by atoms with Gasteiger partial charge in [-0.2, -0.15) is 0 Å². The van der Waals surface area contributed by atoms with Crippen molar-refractivity contribution in [1.82, 2.24) is 0 Å². The molecular weight excluding hydrogens is 188 g/mol. The van der Waals surface area contributed by atoms with Crippen molar-refractivity contribution in [3.8, 4) is 11.8 Å². The van der Waals surface area contributed by atoms with Crippen LogP contribution in [-0.2, 0) is 9.59 Å². The number of hydrogen-bond acceptors (Lipinski definition) is 2. The monoisotopic (exact) mass is 208 g/mol. The van der Waals surface area contributed by atoms with Crippen LogP contribution in [0.15, 0.2) is 0 Å². The molecule has 0 unspecified atom stereocenters. The molecule has 0 aromatic heterocycles. The van der Waals surface area contributed by atoms with E-state index in [1.807, 2.05) is 20.8 Å². The van der Waals surface area contributed by atoms with Crippen LogP contribution < -0.4 is 0 Å². The van der Waals surface area contributed by atoms with E-state index in [2.05, 4.69) is 18.8 Å². The topological polar surface area (TPSA) is 34.1 Å². The highest BCUT2D eigenvalue weighted by atomic mass is 16.1. The van der Waals surface area contributed by atoms with E-state index < -0.39 is 5.41 Å². The van der Waals surface area contributed by atoms with E-state index in [4.69, 9.17) is 0 Å². The molecule has 0 aliphatic heterocycles. The first-order valence-corrected chi connectivity index (χ1v) is 5.43. The molecule has 0 bridgehead atoms. The smallest absolute Gasteiger partial charge is 0.212 e. The lowest BCUT2D eigenvalue weighted by Gasteiger charge is -2.14. The molecule has 0 rings (SSSR count). The van der Waals surface area contributed by atoms with Crippen LogP contribution in [0.4, 0.5) is 0 Å². The van der Waals surface area contributed by atoms with Crippen LogP contribution in [0.3, 0.4) is 0 Å². The highest BCUT2D eigenvalue weighted by Gasteiger charge is 2.22. The minimum Gasteiger partial charge on any atom is -0.299 e. The Morgan fingerprint density at radius 3 is 2.27 bits per heavy atom. The van der Waals surface area contributed by atoms with Gasteiger partial charge in [0.05, 0.1) is 6.42 Å². The number of unbranched alkanes of at least 4 members (excludes halogenated alkanes) is 2. The van der Waals surface area contributed by atoms with Crippen molar-refractivity contribution in [2.24, 2.45) is 5.41 Å². The van der Waals surface area contributed by atoms with Gasteiger partial charge in [-0.25, -0.2) is 0 Å². The molecule has 0 saturated heterocycles. The molecule has 84 valence electrons. The molecule has 0 amide bonds. The molecular formula is C13H20O2. The average Bonchev–Trinajstić information content (AvgIpc) is 2.11. The molecule has 0 N–H and O–H groups in total. The van der Waals surface area contributed by atoms with Gasteiger partial charge in [0.15, 0.2) is 0 Å². The summed E-state index contributed by atoms with van der Waals surface area (Å²) in [5, 5.41) is 0. The Bertz CT molecular complexity index is 284.